The van der Waals surface area contributed by atoms with E-state index in [0.29, 0.717) is 10.8 Å². The van der Waals surface area contributed by atoms with E-state index in [0.717, 1.165) is 17.7 Å². The zero-order valence-corrected chi connectivity index (χ0v) is 14.4. The number of amides is 1. The molecule has 2 atom stereocenters. The number of rotatable bonds is 6. The molecule has 0 saturated heterocycles. The number of benzene rings is 1. The molecule has 0 spiro atoms. The second-order valence-corrected chi connectivity index (χ2v) is 6.36. The van der Waals surface area contributed by atoms with E-state index in [-0.39, 0.29) is 5.91 Å². The summed E-state index contributed by atoms with van der Waals surface area (Å²) in [4.78, 5) is 24.7. The van der Waals surface area contributed by atoms with E-state index in [1.54, 1.807) is 24.4 Å². The predicted molar refractivity (Wildman–Crippen MR) is 93.0 cm³/mol. The van der Waals surface area contributed by atoms with Gasteiger partial charge in [-0.15, -0.1) is 11.3 Å². The number of esters is 1. The average molecular weight is 331 g/mol. The van der Waals surface area contributed by atoms with Gasteiger partial charge in [0.25, 0.3) is 5.91 Å². The molecule has 4 nitrogen and oxygen atoms in total. The third kappa shape index (κ3) is 4.42. The van der Waals surface area contributed by atoms with Crippen molar-refractivity contribution in [3.63, 3.8) is 0 Å². The average Bonchev–Trinajstić information content (AvgIpc) is 3.09. The van der Waals surface area contributed by atoms with E-state index in [2.05, 4.69) is 19.2 Å². The van der Waals surface area contributed by atoms with Crippen LogP contribution in [0.25, 0.3) is 0 Å². The molecule has 2 aromatic rings. The fourth-order valence-electron chi connectivity index (χ4n) is 2.16. The Balaban J connectivity index is 2.03. The van der Waals surface area contributed by atoms with Crippen LogP contribution in [0.15, 0.2) is 41.8 Å². The van der Waals surface area contributed by atoms with Crippen molar-refractivity contribution in [2.24, 2.45) is 0 Å². The Morgan fingerprint density at radius 2 is 1.91 bits per heavy atom. The molecule has 122 valence electrons. The fourth-order valence-corrected chi connectivity index (χ4v) is 2.77. The number of thiophene rings is 1. The molecular weight excluding hydrogens is 310 g/mol. The van der Waals surface area contributed by atoms with Gasteiger partial charge in [0, 0.05) is 5.69 Å². The van der Waals surface area contributed by atoms with Crippen molar-refractivity contribution in [1.82, 2.24) is 0 Å². The number of hydrogen-bond donors (Lipinski definition) is 1. The first-order chi connectivity index (χ1) is 11.0. The number of anilines is 1. The first-order valence-corrected chi connectivity index (χ1v) is 8.55. The second-order valence-electron chi connectivity index (χ2n) is 5.41. The topological polar surface area (TPSA) is 55.4 Å². The van der Waals surface area contributed by atoms with Crippen molar-refractivity contribution in [2.75, 3.05) is 5.32 Å². The van der Waals surface area contributed by atoms with E-state index >= 15 is 0 Å². The van der Waals surface area contributed by atoms with Gasteiger partial charge >= 0.3 is 5.97 Å². The standard InChI is InChI=1S/C18H21NO3S/c1-4-12(2)14-8-5-6-9-15(14)19-17(20)13(3)22-18(21)16-10-7-11-23-16/h5-13H,4H2,1-3H3,(H,19,20)/t12-,13+/m1/s1. The molecule has 0 saturated carbocycles. The van der Waals surface area contributed by atoms with Crippen molar-refractivity contribution in [3.05, 3.63) is 52.2 Å². The van der Waals surface area contributed by atoms with Crippen LogP contribution in [-0.2, 0) is 9.53 Å². The molecule has 0 bridgehead atoms. The molecule has 0 aliphatic carbocycles. The van der Waals surface area contributed by atoms with E-state index in [9.17, 15) is 9.59 Å². The monoisotopic (exact) mass is 331 g/mol. The molecular formula is C18H21NO3S. The lowest BCUT2D eigenvalue weighted by atomic mass is 9.97. The van der Waals surface area contributed by atoms with Gasteiger partial charge in [0.1, 0.15) is 4.88 Å². The molecule has 0 radical (unpaired) electrons. The normalized spacial score (nSPS) is 13.2. The fraction of sp³-hybridized carbons (Fsp3) is 0.333. The van der Waals surface area contributed by atoms with Crippen LogP contribution in [0.3, 0.4) is 0 Å². The number of nitrogens with one attached hydrogen (secondary N) is 1. The number of hydrogen-bond acceptors (Lipinski definition) is 4. The number of carbonyl (C=O) groups is 2. The van der Waals surface area contributed by atoms with E-state index in [1.165, 1.54) is 11.3 Å². The van der Waals surface area contributed by atoms with Gasteiger partial charge in [0.2, 0.25) is 0 Å². The highest BCUT2D eigenvalue weighted by Crippen LogP contribution is 2.26. The molecule has 0 aliphatic heterocycles. The predicted octanol–water partition coefficient (Wildman–Crippen LogP) is 4.45. The van der Waals surface area contributed by atoms with Gasteiger partial charge in [-0.25, -0.2) is 4.79 Å². The van der Waals surface area contributed by atoms with Crippen molar-refractivity contribution < 1.29 is 14.3 Å². The summed E-state index contributed by atoms with van der Waals surface area (Å²) >= 11 is 1.29. The number of ether oxygens (including phenoxy) is 1. The third-order valence-corrected chi connectivity index (χ3v) is 4.59. The van der Waals surface area contributed by atoms with E-state index < -0.39 is 12.1 Å². The molecule has 1 aromatic carbocycles. The Kier molecular flexibility index (Phi) is 5.93. The lowest BCUT2D eigenvalue weighted by Gasteiger charge is -2.18. The molecule has 1 amide bonds. The smallest absolute Gasteiger partial charge is 0.349 e. The van der Waals surface area contributed by atoms with Gasteiger partial charge < -0.3 is 10.1 Å². The minimum atomic E-state index is -0.852. The highest BCUT2D eigenvalue weighted by Gasteiger charge is 2.20. The van der Waals surface area contributed by atoms with Crippen molar-refractivity contribution >= 4 is 28.9 Å². The van der Waals surface area contributed by atoms with Crippen molar-refractivity contribution in [1.29, 1.82) is 0 Å². The van der Waals surface area contributed by atoms with Crippen LogP contribution in [0, 0.1) is 0 Å². The van der Waals surface area contributed by atoms with Crippen LogP contribution in [-0.4, -0.2) is 18.0 Å². The molecule has 5 heteroatoms. The summed E-state index contributed by atoms with van der Waals surface area (Å²) in [6.07, 6.45) is 0.130. The maximum absolute atomic E-state index is 12.3. The summed E-state index contributed by atoms with van der Waals surface area (Å²) in [7, 11) is 0. The Bertz CT molecular complexity index is 667. The third-order valence-electron chi connectivity index (χ3n) is 3.74. The number of para-hydroxylation sites is 1. The Hall–Kier alpha value is -2.14. The van der Waals surface area contributed by atoms with Crippen LogP contribution in [0.4, 0.5) is 5.69 Å². The van der Waals surface area contributed by atoms with Crippen LogP contribution in [0.5, 0.6) is 0 Å². The van der Waals surface area contributed by atoms with Crippen molar-refractivity contribution in [2.45, 2.75) is 39.2 Å². The highest BCUT2D eigenvalue weighted by molar-refractivity contribution is 7.11. The molecule has 1 N–H and O–H groups in total. The zero-order chi connectivity index (χ0) is 16.8. The molecule has 2 rings (SSSR count). The molecule has 0 aliphatic rings. The maximum atomic E-state index is 12.3. The Morgan fingerprint density at radius 1 is 1.17 bits per heavy atom. The molecule has 1 heterocycles. The van der Waals surface area contributed by atoms with Gasteiger partial charge in [0.15, 0.2) is 6.10 Å². The second kappa shape index (κ2) is 7.92. The summed E-state index contributed by atoms with van der Waals surface area (Å²) in [5, 5.41) is 4.66. The first-order valence-electron chi connectivity index (χ1n) is 7.67. The van der Waals surface area contributed by atoms with Crippen LogP contribution >= 0.6 is 11.3 Å². The SMILES string of the molecule is CC[C@@H](C)c1ccccc1NC(=O)[C@H](C)OC(=O)c1cccs1. The first kappa shape index (κ1) is 17.2. The summed E-state index contributed by atoms with van der Waals surface area (Å²) in [5.74, 6) is -0.459. The molecule has 0 fully saturated rings. The quantitative estimate of drug-likeness (QED) is 0.796. The summed E-state index contributed by atoms with van der Waals surface area (Å²) < 4.78 is 5.21. The van der Waals surface area contributed by atoms with Gasteiger partial charge in [-0.1, -0.05) is 38.1 Å². The minimum Gasteiger partial charge on any atom is -0.448 e. The lowest BCUT2D eigenvalue weighted by Crippen LogP contribution is -2.30. The summed E-state index contributed by atoms with van der Waals surface area (Å²) in [6.45, 7) is 5.80. The van der Waals surface area contributed by atoms with Gasteiger partial charge in [0.05, 0.1) is 0 Å². The maximum Gasteiger partial charge on any atom is 0.349 e. The van der Waals surface area contributed by atoms with E-state index in [1.807, 2.05) is 24.3 Å². The van der Waals surface area contributed by atoms with Gasteiger partial charge in [-0.05, 0) is 42.3 Å². The van der Waals surface area contributed by atoms with Crippen molar-refractivity contribution in [3.8, 4) is 0 Å². The molecule has 0 unspecified atom stereocenters. The molecule has 23 heavy (non-hydrogen) atoms. The Morgan fingerprint density at radius 3 is 2.57 bits per heavy atom. The van der Waals surface area contributed by atoms with Gasteiger partial charge in [-0.2, -0.15) is 0 Å². The van der Waals surface area contributed by atoms with Crippen LogP contribution < -0.4 is 5.32 Å². The van der Waals surface area contributed by atoms with E-state index in [4.69, 9.17) is 4.74 Å². The Labute approximate surface area is 140 Å². The lowest BCUT2D eigenvalue weighted by molar-refractivity contribution is -0.123. The van der Waals surface area contributed by atoms with Crippen LogP contribution in [0.2, 0.25) is 0 Å². The largest absolute Gasteiger partial charge is 0.448 e. The summed E-state index contributed by atoms with van der Waals surface area (Å²) in [6, 6.07) is 11.2. The highest BCUT2D eigenvalue weighted by atomic mass is 32.1. The zero-order valence-electron chi connectivity index (χ0n) is 13.5. The minimum absolute atomic E-state index is 0.328. The van der Waals surface area contributed by atoms with Crippen LogP contribution in [0.1, 0.15) is 48.3 Å². The number of carbonyl (C=O) groups excluding carboxylic acids is 2. The molecule has 1 aromatic heterocycles. The summed E-state index contributed by atoms with van der Waals surface area (Å²) in [5.41, 5.74) is 1.85. The van der Waals surface area contributed by atoms with Gasteiger partial charge in [-0.3, -0.25) is 4.79 Å².